The van der Waals surface area contributed by atoms with Crippen LogP contribution in [0.3, 0.4) is 0 Å². The molecule has 0 aliphatic heterocycles. The molecule has 2 rings (SSSR count). The van der Waals surface area contributed by atoms with E-state index >= 15 is 0 Å². The number of nitrogens with two attached hydrogens (primary N) is 2. The van der Waals surface area contributed by atoms with Gasteiger partial charge in [0.1, 0.15) is 0 Å². The number of nitrogen functional groups attached to an aromatic ring is 1. The second-order valence-corrected chi connectivity index (χ2v) is 6.36. The standard InChI is InChI=1S/C11H13N3O3S.H3NO2S/c1-7-8(2)13-17-11(7)14-18(15,16)10-5-3-9(12)4-6-10;1-4(2)3/h3-6,14H,12H2,1-2H3;1H2,(H,2,3)/p-1. The van der Waals surface area contributed by atoms with Crippen LogP contribution in [0.1, 0.15) is 11.3 Å². The van der Waals surface area contributed by atoms with Gasteiger partial charge in [-0.15, -0.1) is 0 Å². The van der Waals surface area contributed by atoms with E-state index in [1.54, 1.807) is 13.8 Å². The number of aryl methyl sites for hydroxylation is 1. The average molecular weight is 347 g/mol. The zero-order chi connectivity index (χ0) is 16.9. The highest BCUT2D eigenvalue weighted by atomic mass is 32.2. The third-order valence-electron chi connectivity index (χ3n) is 2.57. The molecule has 1 heterocycles. The first kappa shape index (κ1) is 18.1. The molecule has 122 valence electrons. The van der Waals surface area contributed by atoms with Crippen molar-refractivity contribution in [1.29, 1.82) is 0 Å². The third-order valence-corrected chi connectivity index (χ3v) is 3.92. The highest BCUT2D eigenvalue weighted by Gasteiger charge is 2.18. The third kappa shape index (κ3) is 5.11. The Morgan fingerprint density at radius 2 is 1.77 bits per heavy atom. The van der Waals surface area contributed by atoms with Gasteiger partial charge in [-0.05, 0) is 38.1 Å². The van der Waals surface area contributed by atoms with E-state index in [0.717, 1.165) is 0 Å². The number of hydrogen-bond acceptors (Lipinski definition) is 7. The molecule has 1 aromatic heterocycles. The van der Waals surface area contributed by atoms with E-state index < -0.39 is 21.3 Å². The average Bonchev–Trinajstić information content (AvgIpc) is 2.70. The van der Waals surface area contributed by atoms with E-state index in [-0.39, 0.29) is 10.8 Å². The molecule has 11 heteroatoms. The molecule has 0 saturated heterocycles. The molecule has 0 fully saturated rings. The van der Waals surface area contributed by atoms with Gasteiger partial charge in [0, 0.05) is 22.5 Å². The van der Waals surface area contributed by atoms with Crippen LogP contribution in [0.15, 0.2) is 33.7 Å². The van der Waals surface area contributed by atoms with Crippen LogP contribution in [0.5, 0.6) is 0 Å². The van der Waals surface area contributed by atoms with E-state index in [1.165, 1.54) is 24.3 Å². The van der Waals surface area contributed by atoms with Crippen LogP contribution in [0, 0.1) is 13.8 Å². The minimum Gasteiger partial charge on any atom is -0.760 e. The number of sulfonamides is 1. The maximum atomic E-state index is 12.0. The largest absolute Gasteiger partial charge is 0.760 e. The summed E-state index contributed by atoms with van der Waals surface area (Å²) in [4.78, 5) is 0.116. The van der Waals surface area contributed by atoms with Gasteiger partial charge in [-0.25, -0.2) is 13.1 Å². The summed E-state index contributed by atoms with van der Waals surface area (Å²) in [5.74, 6) is 0.129. The lowest BCUT2D eigenvalue weighted by atomic mass is 10.3. The summed E-state index contributed by atoms with van der Waals surface area (Å²) in [6.45, 7) is 3.46. The van der Waals surface area contributed by atoms with Gasteiger partial charge in [0.15, 0.2) is 0 Å². The number of benzene rings is 1. The summed E-state index contributed by atoms with van der Waals surface area (Å²) >= 11 is -2.36. The summed E-state index contributed by atoms with van der Waals surface area (Å²) < 4.78 is 48.9. The SMILES string of the molecule is Cc1noc(NS(=O)(=O)c2ccc(N)cc2)c1C.NS(=O)[O-]. The summed E-state index contributed by atoms with van der Waals surface area (Å²) in [7, 11) is -3.68. The number of anilines is 2. The Bertz CT molecular complexity index is 751. The lowest BCUT2D eigenvalue weighted by Crippen LogP contribution is -2.13. The van der Waals surface area contributed by atoms with Crippen molar-refractivity contribution in [2.24, 2.45) is 5.14 Å². The quantitative estimate of drug-likeness (QED) is 0.534. The van der Waals surface area contributed by atoms with Crippen LogP contribution in [-0.2, 0) is 21.3 Å². The number of hydrogen-bond donors (Lipinski definition) is 3. The molecule has 0 bridgehead atoms. The molecule has 9 nitrogen and oxygen atoms in total. The zero-order valence-corrected chi connectivity index (χ0v) is 13.4. The van der Waals surface area contributed by atoms with Crippen molar-refractivity contribution >= 4 is 32.9 Å². The molecule has 5 N–H and O–H groups in total. The van der Waals surface area contributed by atoms with Gasteiger partial charge >= 0.3 is 0 Å². The van der Waals surface area contributed by atoms with Crippen molar-refractivity contribution in [2.75, 3.05) is 10.5 Å². The summed E-state index contributed by atoms with van der Waals surface area (Å²) in [6, 6.07) is 5.90. The van der Waals surface area contributed by atoms with Crippen molar-refractivity contribution in [3.63, 3.8) is 0 Å². The summed E-state index contributed by atoms with van der Waals surface area (Å²) in [6.07, 6.45) is 0. The van der Waals surface area contributed by atoms with E-state index in [9.17, 15) is 8.42 Å². The highest BCUT2D eigenvalue weighted by molar-refractivity contribution is 7.92. The van der Waals surface area contributed by atoms with Crippen molar-refractivity contribution in [3.8, 4) is 0 Å². The molecule has 0 radical (unpaired) electrons. The molecule has 1 aromatic carbocycles. The van der Waals surface area contributed by atoms with Crippen LogP contribution in [0.4, 0.5) is 11.6 Å². The van der Waals surface area contributed by atoms with Crippen LogP contribution in [0.25, 0.3) is 0 Å². The van der Waals surface area contributed by atoms with Gasteiger partial charge in [0.2, 0.25) is 5.88 Å². The molecule has 0 aliphatic carbocycles. The van der Waals surface area contributed by atoms with Crippen LogP contribution in [-0.4, -0.2) is 22.3 Å². The van der Waals surface area contributed by atoms with Crippen molar-refractivity contribution in [1.82, 2.24) is 5.16 Å². The molecule has 1 unspecified atom stereocenters. The van der Waals surface area contributed by atoms with E-state index in [1.807, 2.05) is 0 Å². The number of rotatable bonds is 3. The van der Waals surface area contributed by atoms with Gasteiger partial charge in [0.25, 0.3) is 10.0 Å². The van der Waals surface area contributed by atoms with Gasteiger partial charge in [0.05, 0.1) is 10.6 Å². The maximum Gasteiger partial charge on any atom is 0.264 e. The fraction of sp³-hybridized carbons (Fsp3) is 0.182. The fourth-order valence-corrected chi connectivity index (χ4v) is 2.39. The molecule has 0 aliphatic rings. The molecular formula is C11H15N4O5S2-. The fourth-order valence-electron chi connectivity index (χ4n) is 1.34. The van der Waals surface area contributed by atoms with E-state index in [0.29, 0.717) is 16.9 Å². The maximum absolute atomic E-state index is 12.0. The zero-order valence-electron chi connectivity index (χ0n) is 11.8. The van der Waals surface area contributed by atoms with Crippen molar-refractivity contribution < 1.29 is 21.7 Å². The smallest absolute Gasteiger partial charge is 0.264 e. The molecule has 0 spiro atoms. The Morgan fingerprint density at radius 3 is 2.18 bits per heavy atom. The Hall–Kier alpha value is -1.95. The predicted octanol–water partition coefficient (Wildman–Crippen LogP) is 0.414. The second-order valence-electron chi connectivity index (χ2n) is 4.16. The Morgan fingerprint density at radius 1 is 1.27 bits per heavy atom. The number of nitrogens with one attached hydrogen (secondary N) is 1. The second kappa shape index (κ2) is 7.35. The first-order valence-electron chi connectivity index (χ1n) is 5.78. The minimum atomic E-state index is -3.68. The first-order valence-corrected chi connectivity index (χ1v) is 8.40. The Kier molecular flexibility index (Phi) is 6.05. The summed E-state index contributed by atoms with van der Waals surface area (Å²) in [5, 5.41) is 7.71. The Labute approximate surface area is 130 Å². The van der Waals surface area contributed by atoms with E-state index in [4.69, 9.17) is 19.0 Å². The molecule has 0 amide bonds. The van der Waals surface area contributed by atoms with Crippen molar-refractivity contribution in [2.45, 2.75) is 18.7 Å². The first-order chi connectivity index (χ1) is 10.1. The minimum absolute atomic E-state index is 0.116. The Balaban J connectivity index is 0.000000541. The topological polar surface area (TPSA) is 164 Å². The molecule has 22 heavy (non-hydrogen) atoms. The normalized spacial score (nSPS) is 12.2. The van der Waals surface area contributed by atoms with Gasteiger partial charge in [-0.3, -0.25) is 9.35 Å². The van der Waals surface area contributed by atoms with Crippen LogP contribution < -0.4 is 15.6 Å². The van der Waals surface area contributed by atoms with Gasteiger partial charge < -0.3 is 14.8 Å². The van der Waals surface area contributed by atoms with Crippen molar-refractivity contribution in [3.05, 3.63) is 35.5 Å². The van der Waals surface area contributed by atoms with Crippen LogP contribution >= 0.6 is 0 Å². The van der Waals surface area contributed by atoms with Gasteiger partial charge in [-0.2, -0.15) is 0 Å². The lowest BCUT2D eigenvalue weighted by molar-refractivity contribution is 0.430. The molecule has 0 saturated carbocycles. The monoisotopic (exact) mass is 347 g/mol. The summed E-state index contributed by atoms with van der Waals surface area (Å²) in [5.41, 5.74) is 7.31. The molecule has 1 atom stereocenters. The highest BCUT2D eigenvalue weighted by Crippen LogP contribution is 2.22. The molecular weight excluding hydrogens is 332 g/mol. The molecule has 2 aromatic rings. The lowest BCUT2D eigenvalue weighted by Gasteiger charge is -2.05. The predicted molar refractivity (Wildman–Crippen MR) is 80.7 cm³/mol. The van der Waals surface area contributed by atoms with Crippen LogP contribution in [0.2, 0.25) is 0 Å². The number of aromatic nitrogens is 1. The van der Waals surface area contributed by atoms with Gasteiger partial charge in [-0.1, -0.05) is 5.16 Å². The number of nitrogens with zero attached hydrogens (tertiary/aromatic N) is 1. The van der Waals surface area contributed by atoms with E-state index in [2.05, 4.69) is 15.0 Å².